The van der Waals surface area contributed by atoms with Crippen LogP contribution in [0.15, 0.2) is 69.2 Å². The first-order chi connectivity index (χ1) is 14.9. The number of carbonyl (C=O) groups is 1. The van der Waals surface area contributed by atoms with Gasteiger partial charge in [-0.25, -0.2) is 14.8 Å². The first-order valence-electron chi connectivity index (χ1n) is 9.63. The van der Waals surface area contributed by atoms with Crippen LogP contribution in [0.3, 0.4) is 0 Å². The van der Waals surface area contributed by atoms with E-state index < -0.39 is 11.2 Å². The van der Waals surface area contributed by atoms with E-state index in [0.29, 0.717) is 16.4 Å². The van der Waals surface area contributed by atoms with Crippen LogP contribution in [0, 0.1) is 6.92 Å². The third-order valence-corrected chi connectivity index (χ3v) is 6.06. The van der Waals surface area contributed by atoms with Gasteiger partial charge in [0.05, 0.1) is 5.75 Å². The molecular formula is C23H20N4O3S. The number of benzene rings is 2. The Balaban J connectivity index is 1.89. The molecule has 0 fully saturated rings. The summed E-state index contributed by atoms with van der Waals surface area (Å²) in [6.07, 6.45) is 0. The first-order valence-corrected chi connectivity index (χ1v) is 10.6. The zero-order valence-electron chi connectivity index (χ0n) is 17.3. The molecule has 2 heterocycles. The SMILES string of the molecule is Cc1ccccc1-c1nc(SCC(=O)c2ccccc2)c2c(=O)n(C)c(=O)n(C)c2n1. The van der Waals surface area contributed by atoms with Crippen LogP contribution in [0.4, 0.5) is 0 Å². The maximum Gasteiger partial charge on any atom is 0.332 e. The van der Waals surface area contributed by atoms with Gasteiger partial charge in [0.25, 0.3) is 5.56 Å². The molecule has 8 heteroatoms. The fourth-order valence-electron chi connectivity index (χ4n) is 3.32. The van der Waals surface area contributed by atoms with E-state index in [0.717, 1.165) is 15.7 Å². The van der Waals surface area contributed by atoms with Crippen molar-refractivity contribution in [3.63, 3.8) is 0 Å². The van der Waals surface area contributed by atoms with Crippen molar-refractivity contribution in [3.8, 4) is 11.4 Å². The summed E-state index contributed by atoms with van der Waals surface area (Å²) in [5.41, 5.74) is 1.65. The Morgan fingerprint density at radius 3 is 2.32 bits per heavy atom. The minimum Gasteiger partial charge on any atom is -0.293 e. The first kappa shape index (κ1) is 20.7. The molecule has 0 radical (unpaired) electrons. The van der Waals surface area contributed by atoms with E-state index in [9.17, 15) is 14.4 Å². The molecular weight excluding hydrogens is 412 g/mol. The Morgan fingerprint density at radius 1 is 0.935 bits per heavy atom. The molecule has 4 aromatic rings. The van der Waals surface area contributed by atoms with Crippen molar-refractivity contribution in [3.05, 3.63) is 86.6 Å². The fourth-order valence-corrected chi connectivity index (χ4v) is 4.23. The summed E-state index contributed by atoms with van der Waals surface area (Å²) < 4.78 is 2.37. The second-order valence-corrected chi connectivity index (χ2v) is 8.11. The summed E-state index contributed by atoms with van der Waals surface area (Å²) in [7, 11) is 2.99. The Labute approximate surface area is 182 Å². The highest BCUT2D eigenvalue weighted by molar-refractivity contribution is 8.00. The largest absolute Gasteiger partial charge is 0.332 e. The van der Waals surface area contributed by atoms with Gasteiger partial charge in [-0.15, -0.1) is 0 Å². The van der Waals surface area contributed by atoms with Crippen molar-refractivity contribution in [2.24, 2.45) is 14.1 Å². The molecule has 2 aromatic carbocycles. The lowest BCUT2D eigenvalue weighted by atomic mass is 10.1. The van der Waals surface area contributed by atoms with Crippen LogP contribution in [0.5, 0.6) is 0 Å². The molecule has 4 rings (SSSR count). The van der Waals surface area contributed by atoms with Gasteiger partial charge in [-0.3, -0.25) is 18.7 Å². The second kappa shape index (κ2) is 8.31. The fraction of sp³-hybridized carbons (Fsp3) is 0.174. The molecule has 0 saturated heterocycles. The van der Waals surface area contributed by atoms with Gasteiger partial charge >= 0.3 is 5.69 Å². The number of Topliss-reactive ketones (excluding diaryl/α,β-unsaturated/α-hetero) is 1. The molecule has 31 heavy (non-hydrogen) atoms. The summed E-state index contributed by atoms with van der Waals surface area (Å²) in [5.74, 6) is 0.440. The van der Waals surface area contributed by atoms with Gasteiger partial charge in [0.2, 0.25) is 0 Å². The zero-order valence-corrected chi connectivity index (χ0v) is 18.1. The highest BCUT2D eigenvalue weighted by Crippen LogP contribution is 2.28. The average Bonchev–Trinajstić information content (AvgIpc) is 2.80. The lowest BCUT2D eigenvalue weighted by molar-refractivity contribution is 0.102. The van der Waals surface area contributed by atoms with Crippen LogP contribution in [0.2, 0.25) is 0 Å². The third kappa shape index (κ3) is 3.82. The molecule has 0 aliphatic rings. The van der Waals surface area contributed by atoms with E-state index in [1.165, 1.54) is 23.4 Å². The zero-order chi connectivity index (χ0) is 22.1. The summed E-state index contributed by atoms with van der Waals surface area (Å²) in [6.45, 7) is 1.94. The standard InChI is InChI=1S/C23H20N4O3S/c1-14-9-7-8-12-16(14)19-24-20-18(22(29)27(3)23(30)26(20)2)21(25-19)31-13-17(28)15-10-5-4-6-11-15/h4-12H,13H2,1-3H3. The maximum atomic E-state index is 12.9. The summed E-state index contributed by atoms with van der Waals surface area (Å²) >= 11 is 1.18. The number of aryl methyl sites for hydroxylation is 2. The lowest BCUT2D eigenvalue weighted by Crippen LogP contribution is -2.37. The molecule has 7 nitrogen and oxygen atoms in total. The van der Waals surface area contributed by atoms with Crippen molar-refractivity contribution >= 4 is 28.6 Å². The molecule has 0 spiro atoms. The number of nitrogens with zero attached hydrogens (tertiary/aromatic N) is 4. The molecule has 0 saturated carbocycles. The van der Waals surface area contributed by atoms with Crippen molar-refractivity contribution < 1.29 is 4.79 Å². The monoisotopic (exact) mass is 432 g/mol. The molecule has 2 aromatic heterocycles. The summed E-state index contributed by atoms with van der Waals surface area (Å²) in [6, 6.07) is 16.6. The van der Waals surface area contributed by atoms with Crippen LogP contribution >= 0.6 is 11.8 Å². The van der Waals surface area contributed by atoms with E-state index in [-0.39, 0.29) is 22.6 Å². The van der Waals surface area contributed by atoms with E-state index >= 15 is 0 Å². The van der Waals surface area contributed by atoms with E-state index in [4.69, 9.17) is 0 Å². The lowest BCUT2D eigenvalue weighted by Gasteiger charge is -2.12. The number of fused-ring (bicyclic) bond motifs is 1. The Kier molecular flexibility index (Phi) is 5.56. The molecule has 0 amide bonds. The van der Waals surface area contributed by atoms with Crippen LogP contribution in [0.1, 0.15) is 15.9 Å². The van der Waals surface area contributed by atoms with Crippen LogP contribution in [-0.4, -0.2) is 30.6 Å². The minimum atomic E-state index is -0.482. The number of hydrogen-bond acceptors (Lipinski definition) is 6. The van der Waals surface area contributed by atoms with Gasteiger partial charge in [0, 0.05) is 25.2 Å². The van der Waals surface area contributed by atoms with Gasteiger partial charge in [-0.2, -0.15) is 0 Å². The Bertz CT molecular complexity index is 1420. The van der Waals surface area contributed by atoms with E-state index in [2.05, 4.69) is 9.97 Å². The Hall–Kier alpha value is -3.52. The second-order valence-electron chi connectivity index (χ2n) is 7.15. The molecule has 0 N–H and O–H groups in total. The predicted octanol–water partition coefficient (Wildman–Crippen LogP) is 2.98. The number of aromatic nitrogens is 4. The number of carbonyl (C=O) groups excluding carboxylic acids is 1. The van der Waals surface area contributed by atoms with Crippen LogP contribution < -0.4 is 11.2 Å². The quantitative estimate of drug-likeness (QED) is 0.274. The minimum absolute atomic E-state index is 0.0727. The Morgan fingerprint density at radius 2 is 1.61 bits per heavy atom. The number of thioether (sulfide) groups is 1. The van der Waals surface area contributed by atoms with Crippen LogP contribution in [0.25, 0.3) is 22.4 Å². The molecule has 0 aliphatic heterocycles. The third-order valence-electron chi connectivity index (χ3n) is 5.09. The number of hydrogen-bond donors (Lipinski definition) is 0. The van der Waals surface area contributed by atoms with Crippen molar-refractivity contribution in [2.75, 3.05) is 5.75 Å². The van der Waals surface area contributed by atoms with E-state index in [1.54, 1.807) is 31.3 Å². The average molecular weight is 433 g/mol. The molecule has 0 aliphatic carbocycles. The van der Waals surface area contributed by atoms with Gasteiger partial charge < -0.3 is 0 Å². The van der Waals surface area contributed by atoms with Gasteiger partial charge in [-0.1, -0.05) is 66.4 Å². The summed E-state index contributed by atoms with van der Waals surface area (Å²) in [4.78, 5) is 47.2. The summed E-state index contributed by atoms with van der Waals surface area (Å²) in [5, 5.41) is 0.608. The van der Waals surface area contributed by atoms with Gasteiger partial charge in [0.1, 0.15) is 10.4 Å². The van der Waals surface area contributed by atoms with Gasteiger partial charge in [0.15, 0.2) is 17.3 Å². The van der Waals surface area contributed by atoms with E-state index in [1.807, 2.05) is 37.3 Å². The molecule has 156 valence electrons. The topological polar surface area (TPSA) is 86.9 Å². The smallest absolute Gasteiger partial charge is 0.293 e. The normalized spacial score (nSPS) is 11.1. The molecule has 0 atom stereocenters. The maximum absolute atomic E-state index is 12.9. The van der Waals surface area contributed by atoms with Crippen molar-refractivity contribution in [1.29, 1.82) is 0 Å². The van der Waals surface area contributed by atoms with Crippen molar-refractivity contribution in [2.45, 2.75) is 11.9 Å². The predicted molar refractivity (Wildman–Crippen MR) is 122 cm³/mol. The highest BCUT2D eigenvalue weighted by atomic mass is 32.2. The number of rotatable bonds is 5. The molecule has 0 bridgehead atoms. The number of ketones is 1. The van der Waals surface area contributed by atoms with Crippen molar-refractivity contribution in [1.82, 2.24) is 19.1 Å². The van der Waals surface area contributed by atoms with Crippen LogP contribution in [-0.2, 0) is 14.1 Å². The van der Waals surface area contributed by atoms with Gasteiger partial charge in [-0.05, 0) is 12.5 Å². The molecule has 0 unspecified atom stereocenters. The highest BCUT2D eigenvalue weighted by Gasteiger charge is 2.19.